The maximum Gasteiger partial charge on any atom is 0.490 e. The fourth-order valence-corrected chi connectivity index (χ4v) is 0. The van der Waals surface area contributed by atoms with Gasteiger partial charge in [0.25, 0.3) is 0 Å². The Morgan fingerprint density at radius 1 is 1.31 bits per heavy atom. The van der Waals surface area contributed by atoms with Crippen LogP contribution in [0.1, 0.15) is 13.8 Å². The van der Waals surface area contributed by atoms with Gasteiger partial charge >= 0.3 is 12.1 Å². The number of alkyl halides is 3. The maximum atomic E-state index is 10.6. The van der Waals surface area contributed by atoms with Crippen LogP contribution in [0.15, 0.2) is 0 Å². The molecule has 0 unspecified atom stereocenters. The quantitative estimate of drug-likeness (QED) is 0.700. The number of carbonyl (C=O) groups is 1. The summed E-state index contributed by atoms with van der Waals surface area (Å²) in [6.45, 7) is 4.33. The normalized spacial score (nSPS) is 11.2. The molecule has 0 saturated carbocycles. The predicted octanol–water partition coefficient (Wildman–Crippen LogP) is 1.59. The largest absolute Gasteiger partial charge is 0.490 e. The van der Waals surface area contributed by atoms with Gasteiger partial charge in [0.1, 0.15) is 0 Å². The van der Waals surface area contributed by atoms with Crippen LogP contribution in [-0.4, -0.2) is 42.3 Å². The Morgan fingerprint density at radius 2 is 1.46 bits per heavy atom. The van der Waals surface area contributed by atoms with Crippen LogP contribution >= 0.6 is 0 Å². The Hall–Kier alpha value is -0.780. The lowest BCUT2D eigenvalue weighted by Gasteiger charge is -2.12. The number of hydrogen-bond donors (Lipinski definition) is 1. The lowest BCUT2D eigenvalue weighted by atomic mass is 10.4. The predicted molar refractivity (Wildman–Crippen MR) is 42.5 cm³/mol. The Morgan fingerprint density at radius 3 is 1.46 bits per heavy atom. The van der Waals surface area contributed by atoms with E-state index in [2.05, 4.69) is 32.8 Å². The molecule has 0 amide bonds. The van der Waals surface area contributed by atoms with Crippen LogP contribution in [0.5, 0.6) is 0 Å². The van der Waals surface area contributed by atoms with Gasteiger partial charge in [-0.3, -0.25) is 0 Å². The molecule has 0 aliphatic rings. The van der Waals surface area contributed by atoms with Crippen LogP contribution in [0, 0.1) is 0 Å². The molecule has 0 saturated heterocycles. The molecule has 0 aromatic heterocycles. The molecule has 6 heteroatoms. The molecule has 13 heavy (non-hydrogen) atoms. The number of rotatable bonds is 1. The van der Waals surface area contributed by atoms with Gasteiger partial charge in [-0.25, -0.2) is 4.79 Å². The highest BCUT2D eigenvalue weighted by Gasteiger charge is 2.38. The fraction of sp³-hybridized carbons (Fsp3) is 0.857. The van der Waals surface area contributed by atoms with Gasteiger partial charge < -0.3 is 10.0 Å². The SMILES string of the molecule is CC(C)N(C)C.O=C(O)C(F)(F)F. The third kappa shape index (κ3) is 11.2. The van der Waals surface area contributed by atoms with Crippen LogP contribution < -0.4 is 0 Å². The summed E-state index contributed by atoms with van der Waals surface area (Å²) in [5.74, 6) is -2.76. The molecule has 0 aliphatic carbocycles. The number of aliphatic carboxylic acids is 1. The molecule has 0 aromatic carbocycles. The molecule has 1 N–H and O–H groups in total. The van der Waals surface area contributed by atoms with E-state index in [1.807, 2.05) is 0 Å². The Bertz CT molecular complexity index is 148. The number of carboxylic acid groups (broad SMARTS) is 1. The lowest BCUT2D eigenvalue weighted by molar-refractivity contribution is -0.192. The van der Waals surface area contributed by atoms with Gasteiger partial charge in [-0.1, -0.05) is 0 Å². The van der Waals surface area contributed by atoms with E-state index < -0.39 is 12.1 Å². The molecule has 3 nitrogen and oxygen atoms in total. The molecular weight excluding hydrogens is 187 g/mol. The Kier molecular flexibility index (Phi) is 6.57. The van der Waals surface area contributed by atoms with Crippen LogP contribution in [0.3, 0.4) is 0 Å². The number of halogens is 3. The molecule has 80 valence electrons. The minimum atomic E-state index is -5.08. The first-order chi connectivity index (χ1) is 5.59. The van der Waals surface area contributed by atoms with E-state index >= 15 is 0 Å². The summed E-state index contributed by atoms with van der Waals surface area (Å²) in [5, 5.41) is 7.12. The van der Waals surface area contributed by atoms with Gasteiger partial charge in [-0.05, 0) is 27.9 Å². The molecular formula is C7H14F3NO2. The zero-order chi connectivity index (χ0) is 11.2. The van der Waals surface area contributed by atoms with E-state index in [4.69, 9.17) is 9.90 Å². The first kappa shape index (κ1) is 14.7. The topological polar surface area (TPSA) is 40.5 Å². The number of carboxylic acids is 1. The van der Waals surface area contributed by atoms with Crippen LogP contribution in [-0.2, 0) is 4.79 Å². The second kappa shape index (κ2) is 5.80. The monoisotopic (exact) mass is 201 g/mol. The second-order valence-corrected chi connectivity index (χ2v) is 2.86. The summed E-state index contributed by atoms with van der Waals surface area (Å²) >= 11 is 0. The van der Waals surface area contributed by atoms with Crippen LogP contribution in [0.25, 0.3) is 0 Å². The van der Waals surface area contributed by atoms with E-state index in [1.54, 1.807) is 0 Å². The van der Waals surface area contributed by atoms with Gasteiger partial charge in [-0.2, -0.15) is 13.2 Å². The molecule has 0 heterocycles. The zero-order valence-corrected chi connectivity index (χ0v) is 8.01. The van der Waals surface area contributed by atoms with Crippen LogP contribution in [0.2, 0.25) is 0 Å². The van der Waals surface area contributed by atoms with Crippen molar-refractivity contribution < 1.29 is 23.1 Å². The average Bonchev–Trinajstić information content (AvgIpc) is 1.86. The van der Waals surface area contributed by atoms with Crippen molar-refractivity contribution in [1.29, 1.82) is 0 Å². The van der Waals surface area contributed by atoms with Crippen molar-refractivity contribution in [2.45, 2.75) is 26.1 Å². The summed E-state index contributed by atoms with van der Waals surface area (Å²) in [7, 11) is 4.15. The minimum absolute atomic E-state index is 0.685. The third-order valence-electron chi connectivity index (χ3n) is 1.28. The van der Waals surface area contributed by atoms with Crippen molar-refractivity contribution >= 4 is 5.97 Å². The smallest absolute Gasteiger partial charge is 0.475 e. The van der Waals surface area contributed by atoms with Gasteiger partial charge in [0, 0.05) is 6.04 Å². The van der Waals surface area contributed by atoms with E-state index in [0.29, 0.717) is 6.04 Å². The van der Waals surface area contributed by atoms with Gasteiger partial charge in [-0.15, -0.1) is 0 Å². The Balaban J connectivity index is 0. The molecule has 0 aromatic rings. The van der Waals surface area contributed by atoms with Crippen molar-refractivity contribution in [3.05, 3.63) is 0 Å². The van der Waals surface area contributed by atoms with Gasteiger partial charge in [0.15, 0.2) is 0 Å². The minimum Gasteiger partial charge on any atom is -0.475 e. The molecule has 0 atom stereocenters. The van der Waals surface area contributed by atoms with Crippen molar-refractivity contribution in [3.8, 4) is 0 Å². The summed E-state index contributed by atoms with van der Waals surface area (Å²) in [6, 6.07) is 0.685. The first-order valence-corrected chi connectivity index (χ1v) is 3.55. The number of hydrogen-bond acceptors (Lipinski definition) is 2. The van der Waals surface area contributed by atoms with Crippen molar-refractivity contribution in [2.24, 2.45) is 0 Å². The zero-order valence-electron chi connectivity index (χ0n) is 8.01. The summed E-state index contributed by atoms with van der Waals surface area (Å²) in [6.07, 6.45) is -5.08. The highest BCUT2D eigenvalue weighted by atomic mass is 19.4. The lowest BCUT2D eigenvalue weighted by Crippen LogP contribution is -2.21. The van der Waals surface area contributed by atoms with Crippen LogP contribution in [0.4, 0.5) is 13.2 Å². The fourth-order valence-electron chi connectivity index (χ4n) is 0. The van der Waals surface area contributed by atoms with E-state index in [-0.39, 0.29) is 0 Å². The van der Waals surface area contributed by atoms with Gasteiger partial charge in [0.05, 0.1) is 0 Å². The Labute approximate surface area is 75.1 Å². The van der Waals surface area contributed by atoms with E-state index in [9.17, 15) is 13.2 Å². The van der Waals surface area contributed by atoms with Crippen molar-refractivity contribution in [1.82, 2.24) is 4.90 Å². The molecule has 0 bridgehead atoms. The van der Waals surface area contributed by atoms with Crippen molar-refractivity contribution in [2.75, 3.05) is 14.1 Å². The highest BCUT2D eigenvalue weighted by molar-refractivity contribution is 5.73. The molecule has 0 aliphatic heterocycles. The maximum absolute atomic E-state index is 10.6. The highest BCUT2D eigenvalue weighted by Crippen LogP contribution is 2.13. The molecule has 0 spiro atoms. The van der Waals surface area contributed by atoms with Crippen molar-refractivity contribution in [3.63, 3.8) is 0 Å². The molecule has 0 fully saturated rings. The molecule has 0 rings (SSSR count). The first-order valence-electron chi connectivity index (χ1n) is 3.55. The van der Waals surface area contributed by atoms with E-state index in [0.717, 1.165) is 0 Å². The third-order valence-corrected chi connectivity index (χ3v) is 1.28. The standard InChI is InChI=1S/C5H13N.C2HF3O2/c1-5(2)6(3)4;3-2(4,5)1(6)7/h5H,1-4H3;(H,6,7). The summed E-state index contributed by atoms with van der Waals surface area (Å²) < 4.78 is 31.7. The van der Waals surface area contributed by atoms with Gasteiger partial charge in [0.2, 0.25) is 0 Å². The summed E-state index contributed by atoms with van der Waals surface area (Å²) in [5.41, 5.74) is 0. The average molecular weight is 201 g/mol. The second-order valence-electron chi connectivity index (χ2n) is 2.86. The number of nitrogens with zero attached hydrogens (tertiary/aromatic N) is 1. The molecule has 0 radical (unpaired) electrons. The van der Waals surface area contributed by atoms with E-state index in [1.165, 1.54) is 0 Å². The summed E-state index contributed by atoms with van der Waals surface area (Å²) in [4.78, 5) is 11.1.